The summed E-state index contributed by atoms with van der Waals surface area (Å²) in [5, 5.41) is 0. The van der Waals surface area contributed by atoms with E-state index in [9.17, 15) is 0 Å². The van der Waals surface area contributed by atoms with Crippen molar-refractivity contribution in [1.29, 1.82) is 0 Å². The van der Waals surface area contributed by atoms with Crippen molar-refractivity contribution in [2.45, 2.75) is 27.2 Å². The highest BCUT2D eigenvalue weighted by atomic mass is 14.0. The lowest BCUT2D eigenvalue weighted by atomic mass is 10.0. The van der Waals surface area contributed by atoms with Gasteiger partial charge in [-0.1, -0.05) is 56.0 Å². The van der Waals surface area contributed by atoms with Crippen molar-refractivity contribution in [2.75, 3.05) is 0 Å². The summed E-state index contributed by atoms with van der Waals surface area (Å²) in [5.74, 6) is 0. The van der Waals surface area contributed by atoms with Crippen molar-refractivity contribution < 1.29 is 0 Å². The fourth-order valence-electron chi connectivity index (χ4n) is 1.19. The van der Waals surface area contributed by atoms with E-state index in [0.29, 0.717) is 0 Å². The molecule has 14 heavy (non-hydrogen) atoms. The van der Waals surface area contributed by atoms with Crippen molar-refractivity contribution in [3.63, 3.8) is 0 Å². The quantitative estimate of drug-likeness (QED) is 0.554. The Bertz CT molecular complexity index is 272. The van der Waals surface area contributed by atoms with Crippen LogP contribution in [0.15, 0.2) is 60.3 Å². The second-order valence-corrected chi connectivity index (χ2v) is 2.91. The molecular formula is C14H20. The zero-order valence-electron chi connectivity index (χ0n) is 9.46. The minimum absolute atomic E-state index is 1.05. The van der Waals surface area contributed by atoms with E-state index < -0.39 is 0 Å². The molecule has 0 amide bonds. The van der Waals surface area contributed by atoms with Crippen LogP contribution in [-0.4, -0.2) is 0 Å². The summed E-state index contributed by atoms with van der Waals surface area (Å²) in [6.07, 6.45) is 15.3. The topological polar surface area (TPSA) is 0 Å². The smallest absolute Gasteiger partial charge is 0.0267 e. The number of hydrogen-bond acceptors (Lipinski definition) is 0. The van der Waals surface area contributed by atoms with Crippen LogP contribution in [0.25, 0.3) is 0 Å². The Hall–Kier alpha value is -1.30. The van der Waals surface area contributed by atoms with Gasteiger partial charge in [-0.05, 0) is 31.4 Å². The second kappa shape index (κ2) is 8.31. The first kappa shape index (κ1) is 12.7. The van der Waals surface area contributed by atoms with E-state index in [-0.39, 0.29) is 0 Å². The van der Waals surface area contributed by atoms with Crippen molar-refractivity contribution >= 4 is 0 Å². The summed E-state index contributed by atoms with van der Waals surface area (Å²) in [7, 11) is 0. The molecule has 0 unspecified atom stereocenters. The molecule has 0 radical (unpaired) electrons. The molecule has 0 heteroatoms. The molecular weight excluding hydrogens is 168 g/mol. The molecule has 0 fully saturated rings. The zero-order chi connectivity index (χ0) is 10.8. The van der Waals surface area contributed by atoms with Gasteiger partial charge >= 0.3 is 0 Å². The van der Waals surface area contributed by atoms with Gasteiger partial charge in [0.1, 0.15) is 0 Å². The van der Waals surface area contributed by atoms with E-state index >= 15 is 0 Å². The third-order valence-electron chi connectivity index (χ3n) is 1.96. The second-order valence-electron chi connectivity index (χ2n) is 2.91. The van der Waals surface area contributed by atoms with Gasteiger partial charge in [0.2, 0.25) is 0 Å². The zero-order valence-corrected chi connectivity index (χ0v) is 9.46. The van der Waals surface area contributed by atoms with Crippen LogP contribution in [0.5, 0.6) is 0 Å². The maximum atomic E-state index is 3.67. The van der Waals surface area contributed by atoms with Gasteiger partial charge in [0.15, 0.2) is 0 Å². The van der Waals surface area contributed by atoms with Crippen LogP contribution < -0.4 is 0 Å². The summed E-state index contributed by atoms with van der Waals surface area (Å²) in [4.78, 5) is 0. The van der Waals surface area contributed by atoms with Crippen molar-refractivity contribution in [1.82, 2.24) is 0 Å². The number of hydrogen-bond donors (Lipinski definition) is 0. The van der Waals surface area contributed by atoms with Gasteiger partial charge in [0.25, 0.3) is 0 Å². The van der Waals surface area contributed by atoms with Gasteiger partial charge < -0.3 is 0 Å². The molecule has 0 nitrogen and oxygen atoms in total. The highest BCUT2D eigenvalue weighted by Crippen LogP contribution is 2.15. The van der Waals surface area contributed by atoms with E-state index in [4.69, 9.17) is 0 Å². The Balaban J connectivity index is 4.80. The molecule has 0 aliphatic rings. The molecule has 0 bridgehead atoms. The minimum atomic E-state index is 1.05. The monoisotopic (exact) mass is 188 g/mol. The van der Waals surface area contributed by atoms with Crippen LogP contribution in [0.2, 0.25) is 0 Å². The van der Waals surface area contributed by atoms with Gasteiger partial charge in [-0.25, -0.2) is 0 Å². The number of allylic oxidation sites excluding steroid dienone is 9. The molecule has 0 aliphatic heterocycles. The maximum Gasteiger partial charge on any atom is -0.0267 e. The van der Waals surface area contributed by atoms with Crippen molar-refractivity contribution in [2.24, 2.45) is 0 Å². The molecule has 0 aromatic heterocycles. The Labute approximate surface area is 88.0 Å². The fraction of sp³-hybridized carbons (Fsp3) is 0.286. The summed E-state index contributed by atoms with van der Waals surface area (Å²) >= 11 is 0. The first-order valence-electron chi connectivity index (χ1n) is 5.07. The van der Waals surface area contributed by atoms with Gasteiger partial charge in [0.05, 0.1) is 0 Å². The molecule has 0 aromatic rings. The summed E-state index contributed by atoms with van der Waals surface area (Å²) in [6, 6.07) is 0. The van der Waals surface area contributed by atoms with Gasteiger partial charge in [-0.3, -0.25) is 0 Å². The molecule has 0 saturated heterocycles. The van der Waals surface area contributed by atoms with Crippen molar-refractivity contribution in [3.8, 4) is 0 Å². The summed E-state index contributed by atoms with van der Waals surface area (Å²) in [6.45, 7) is 9.92. The Kier molecular flexibility index (Phi) is 7.53. The maximum absolute atomic E-state index is 3.67. The lowest BCUT2D eigenvalue weighted by Crippen LogP contribution is -1.84. The van der Waals surface area contributed by atoms with Gasteiger partial charge in [-0.2, -0.15) is 0 Å². The van der Waals surface area contributed by atoms with Crippen LogP contribution in [0.1, 0.15) is 27.2 Å². The molecule has 0 saturated carbocycles. The Morgan fingerprint density at radius 3 is 2.36 bits per heavy atom. The molecule has 0 heterocycles. The predicted molar refractivity (Wildman–Crippen MR) is 66.3 cm³/mol. The van der Waals surface area contributed by atoms with Crippen LogP contribution in [0, 0.1) is 0 Å². The SMILES string of the molecule is C=C\C=C/C(=C\C)C(=C/C=C\C)/CC. The highest BCUT2D eigenvalue weighted by Gasteiger charge is 1.95. The Morgan fingerprint density at radius 1 is 1.21 bits per heavy atom. The average molecular weight is 188 g/mol. The third-order valence-corrected chi connectivity index (χ3v) is 1.96. The van der Waals surface area contributed by atoms with E-state index in [1.54, 1.807) is 6.08 Å². The molecule has 0 aromatic carbocycles. The van der Waals surface area contributed by atoms with Gasteiger partial charge in [-0.15, -0.1) is 0 Å². The molecule has 0 rings (SSSR count). The van der Waals surface area contributed by atoms with Gasteiger partial charge in [0, 0.05) is 0 Å². The van der Waals surface area contributed by atoms with E-state index in [1.165, 1.54) is 11.1 Å². The van der Waals surface area contributed by atoms with E-state index in [2.05, 4.69) is 44.7 Å². The first-order chi connectivity index (χ1) is 6.79. The minimum Gasteiger partial charge on any atom is -0.0991 e. The number of rotatable bonds is 5. The normalized spacial score (nSPS) is 14.2. The lowest BCUT2D eigenvalue weighted by molar-refractivity contribution is 1.12. The van der Waals surface area contributed by atoms with Crippen LogP contribution in [0.4, 0.5) is 0 Å². The molecule has 0 N–H and O–H groups in total. The van der Waals surface area contributed by atoms with E-state index in [0.717, 1.165) is 6.42 Å². The first-order valence-corrected chi connectivity index (χ1v) is 5.07. The summed E-state index contributed by atoms with van der Waals surface area (Å²) < 4.78 is 0. The summed E-state index contributed by atoms with van der Waals surface area (Å²) in [5.41, 5.74) is 2.62. The highest BCUT2D eigenvalue weighted by molar-refractivity contribution is 5.41. The van der Waals surface area contributed by atoms with Crippen molar-refractivity contribution in [3.05, 3.63) is 60.3 Å². The van der Waals surface area contributed by atoms with Crippen LogP contribution in [-0.2, 0) is 0 Å². The van der Waals surface area contributed by atoms with Crippen LogP contribution >= 0.6 is 0 Å². The third kappa shape index (κ3) is 4.66. The standard InChI is InChI=1S/C14H20/c1-5-9-11-13(7-3)14(8-4)12-10-6-2/h5-7,9-12H,1,8H2,2-4H3/b10-6-,11-9-,13-7+,14-12+. The molecule has 0 aliphatic carbocycles. The predicted octanol–water partition coefficient (Wildman–Crippen LogP) is 4.59. The Morgan fingerprint density at radius 2 is 1.93 bits per heavy atom. The molecule has 0 spiro atoms. The molecule has 0 atom stereocenters. The fourth-order valence-corrected chi connectivity index (χ4v) is 1.19. The largest absolute Gasteiger partial charge is 0.0991 e. The van der Waals surface area contributed by atoms with Crippen LogP contribution in [0.3, 0.4) is 0 Å². The average Bonchev–Trinajstić information content (AvgIpc) is 2.23. The molecule has 76 valence electrons. The lowest BCUT2D eigenvalue weighted by Gasteiger charge is -2.03. The van der Waals surface area contributed by atoms with E-state index in [1.807, 2.05) is 19.1 Å².